The standard InChI is InChI=1S/C23H20ClN3O5S/c1-30-15-6-8-20(31-2)19(11-15)25-21(28)13-33-23-26-18-10-14(24)5-7-17(18)22(29)27(23)12-16-4-3-9-32-16/h3-11H,12-13H2,1-2H3,(H,25,28). The number of furan rings is 1. The zero-order valence-corrected chi connectivity index (χ0v) is 19.4. The number of methoxy groups -OCH3 is 2. The summed E-state index contributed by atoms with van der Waals surface area (Å²) in [6.07, 6.45) is 1.54. The van der Waals surface area contributed by atoms with E-state index < -0.39 is 0 Å². The fourth-order valence-electron chi connectivity index (χ4n) is 3.21. The van der Waals surface area contributed by atoms with Gasteiger partial charge in [-0.15, -0.1) is 0 Å². The lowest BCUT2D eigenvalue weighted by molar-refractivity contribution is -0.113. The maximum Gasteiger partial charge on any atom is 0.262 e. The predicted octanol–water partition coefficient (Wildman–Crippen LogP) is 4.44. The summed E-state index contributed by atoms with van der Waals surface area (Å²) in [5.74, 6) is 1.40. The number of nitrogens with one attached hydrogen (secondary N) is 1. The number of aromatic nitrogens is 2. The Bertz CT molecular complexity index is 1350. The molecule has 0 aliphatic rings. The summed E-state index contributed by atoms with van der Waals surface area (Å²) in [6.45, 7) is 0.186. The van der Waals surface area contributed by atoms with Gasteiger partial charge in [0.15, 0.2) is 5.16 Å². The van der Waals surface area contributed by atoms with Gasteiger partial charge in [0.25, 0.3) is 5.56 Å². The Kier molecular flexibility index (Phi) is 6.90. The van der Waals surface area contributed by atoms with Crippen molar-refractivity contribution >= 4 is 45.9 Å². The molecule has 2 heterocycles. The minimum Gasteiger partial charge on any atom is -0.497 e. The van der Waals surface area contributed by atoms with Crippen molar-refractivity contribution in [2.75, 3.05) is 25.3 Å². The third-order valence-corrected chi connectivity index (χ3v) is 6.00. The number of fused-ring (bicyclic) bond motifs is 1. The number of amides is 1. The number of thioether (sulfide) groups is 1. The minimum absolute atomic E-state index is 0.0109. The van der Waals surface area contributed by atoms with Crippen LogP contribution in [-0.2, 0) is 11.3 Å². The van der Waals surface area contributed by atoms with Crippen LogP contribution >= 0.6 is 23.4 Å². The molecule has 0 fully saturated rings. The van der Waals surface area contributed by atoms with Crippen molar-refractivity contribution < 1.29 is 18.7 Å². The van der Waals surface area contributed by atoms with E-state index in [-0.39, 0.29) is 23.8 Å². The SMILES string of the molecule is COc1ccc(OC)c(NC(=O)CSc2nc3cc(Cl)ccc3c(=O)n2Cc2ccco2)c1. The quantitative estimate of drug-likeness (QED) is 0.291. The van der Waals surface area contributed by atoms with Gasteiger partial charge >= 0.3 is 0 Å². The summed E-state index contributed by atoms with van der Waals surface area (Å²) in [7, 11) is 3.06. The molecule has 4 rings (SSSR count). The predicted molar refractivity (Wildman–Crippen MR) is 128 cm³/mol. The van der Waals surface area contributed by atoms with E-state index in [1.165, 1.54) is 17.9 Å². The normalized spacial score (nSPS) is 10.9. The molecule has 2 aromatic carbocycles. The second kappa shape index (κ2) is 10.0. The van der Waals surface area contributed by atoms with Gasteiger partial charge in [0.05, 0.1) is 49.4 Å². The highest BCUT2D eigenvalue weighted by molar-refractivity contribution is 7.99. The van der Waals surface area contributed by atoms with Crippen LogP contribution in [0.5, 0.6) is 11.5 Å². The van der Waals surface area contributed by atoms with E-state index in [2.05, 4.69) is 10.3 Å². The molecule has 0 saturated carbocycles. The molecule has 0 saturated heterocycles. The smallest absolute Gasteiger partial charge is 0.262 e. The molecule has 0 radical (unpaired) electrons. The van der Waals surface area contributed by atoms with Gasteiger partial charge in [-0.3, -0.25) is 14.2 Å². The molecular weight excluding hydrogens is 466 g/mol. The maximum absolute atomic E-state index is 13.2. The van der Waals surface area contributed by atoms with Crippen LogP contribution in [0.3, 0.4) is 0 Å². The van der Waals surface area contributed by atoms with Gasteiger partial charge in [-0.1, -0.05) is 23.4 Å². The van der Waals surface area contributed by atoms with Crippen molar-refractivity contribution in [2.24, 2.45) is 0 Å². The first kappa shape index (κ1) is 22.8. The van der Waals surface area contributed by atoms with Crippen molar-refractivity contribution in [3.63, 3.8) is 0 Å². The van der Waals surface area contributed by atoms with E-state index in [4.69, 9.17) is 25.5 Å². The molecule has 33 heavy (non-hydrogen) atoms. The van der Waals surface area contributed by atoms with Crippen LogP contribution < -0.4 is 20.3 Å². The molecule has 0 atom stereocenters. The highest BCUT2D eigenvalue weighted by Crippen LogP contribution is 2.29. The van der Waals surface area contributed by atoms with Crippen LogP contribution in [0.1, 0.15) is 5.76 Å². The first-order valence-corrected chi connectivity index (χ1v) is 11.2. The highest BCUT2D eigenvalue weighted by Gasteiger charge is 2.16. The first-order valence-electron chi connectivity index (χ1n) is 9.85. The Morgan fingerprint density at radius 1 is 1.18 bits per heavy atom. The molecule has 0 aliphatic heterocycles. The third kappa shape index (κ3) is 5.15. The van der Waals surface area contributed by atoms with E-state index in [9.17, 15) is 9.59 Å². The van der Waals surface area contributed by atoms with Gasteiger partial charge in [-0.25, -0.2) is 4.98 Å². The van der Waals surface area contributed by atoms with Crippen molar-refractivity contribution in [3.05, 3.63) is 75.9 Å². The Hall–Kier alpha value is -3.43. The summed E-state index contributed by atoms with van der Waals surface area (Å²) in [4.78, 5) is 30.5. The molecule has 170 valence electrons. The number of anilines is 1. The largest absolute Gasteiger partial charge is 0.497 e. The number of rotatable bonds is 8. The minimum atomic E-state index is -0.295. The molecular formula is C23H20ClN3O5S. The number of ether oxygens (including phenoxy) is 2. The van der Waals surface area contributed by atoms with Crippen LogP contribution in [0, 0.1) is 0 Å². The number of hydrogen-bond acceptors (Lipinski definition) is 7. The van der Waals surface area contributed by atoms with E-state index in [0.717, 1.165) is 11.8 Å². The van der Waals surface area contributed by atoms with Crippen molar-refractivity contribution in [2.45, 2.75) is 11.7 Å². The van der Waals surface area contributed by atoms with Crippen LogP contribution in [0.4, 0.5) is 5.69 Å². The summed E-state index contributed by atoms with van der Waals surface area (Å²) in [5.41, 5.74) is 0.694. The average molecular weight is 486 g/mol. The number of carbonyl (C=O) groups is 1. The van der Waals surface area contributed by atoms with Gasteiger partial charge in [-0.2, -0.15) is 0 Å². The lowest BCUT2D eigenvalue weighted by Crippen LogP contribution is -2.24. The number of hydrogen-bond donors (Lipinski definition) is 1. The summed E-state index contributed by atoms with van der Waals surface area (Å²) < 4.78 is 17.4. The first-order chi connectivity index (χ1) is 16.0. The molecule has 0 aliphatic carbocycles. The number of halogens is 1. The van der Waals surface area contributed by atoms with E-state index in [1.807, 2.05) is 0 Å². The molecule has 0 bridgehead atoms. The summed E-state index contributed by atoms with van der Waals surface area (Å²) in [5, 5.41) is 4.09. The molecule has 2 aromatic heterocycles. The summed E-state index contributed by atoms with van der Waals surface area (Å²) in [6, 6.07) is 13.5. The van der Waals surface area contributed by atoms with Crippen LogP contribution in [0.2, 0.25) is 5.02 Å². The molecule has 1 N–H and O–H groups in total. The van der Waals surface area contributed by atoms with E-state index >= 15 is 0 Å². The Balaban J connectivity index is 1.61. The highest BCUT2D eigenvalue weighted by atomic mass is 35.5. The van der Waals surface area contributed by atoms with Gasteiger partial charge in [0, 0.05) is 11.1 Å². The number of benzene rings is 2. The van der Waals surface area contributed by atoms with Gasteiger partial charge in [0.2, 0.25) is 5.91 Å². The van der Waals surface area contributed by atoms with Crippen LogP contribution in [0.15, 0.2) is 69.2 Å². The lowest BCUT2D eigenvalue weighted by Gasteiger charge is -2.13. The van der Waals surface area contributed by atoms with Crippen LogP contribution in [-0.4, -0.2) is 35.4 Å². The van der Waals surface area contributed by atoms with E-state index in [1.54, 1.807) is 55.6 Å². The van der Waals surface area contributed by atoms with Crippen LogP contribution in [0.25, 0.3) is 10.9 Å². The Morgan fingerprint density at radius 2 is 2.03 bits per heavy atom. The van der Waals surface area contributed by atoms with Crippen molar-refractivity contribution in [3.8, 4) is 11.5 Å². The summed E-state index contributed by atoms with van der Waals surface area (Å²) >= 11 is 7.23. The van der Waals surface area contributed by atoms with Gasteiger partial charge < -0.3 is 19.2 Å². The maximum atomic E-state index is 13.2. The van der Waals surface area contributed by atoms with E-state index in [0.29, 0.717) is 44.0 Å². The van der Waals surface area contributed by atoms with Gasteiger partial charge in [-0.05, 0) is 42.5 Å². The fourth-order valence-corrected chi connectivity index (χ4v) is 4.17. The molecule has 4 aromatic rings. The molecule has 8 nitrogen and oxygen atoms in total. The number of nitrogens with zero attached hydrogens (tertiary/aromatic N) is 2. The lowest BCUT2D eigenvalue weighted by atomic mass is 10.2. The molecule has 10 heteroatoms. The molecule has 1 amide bonds. The zero-order valence-electron chi connectivity index (χ0n) is 17.8. The monoisotopic (exact) mass is 485 g/mol. The van der Waals surface area contributed by atoms with Crippen molar-refractivity contribution in [1.82, 2.24) is 9.55 Å². The topological polar surface area (TPSA) is 95.6 Å². The fraction of sp³-hybridized carbons (Fsp3) is 0.174. The Morgan fingerprint density at radius 3 is 2.76 bits per heavy atom. The second-order valence-corrected chi connectivity index (χ2v) is 8.31. The Labute approximate surface area is 198 Å². The zero-order chi connectivity index (χ0) is 23.4. The molecule has 0 spiro atoms. The molecule has 0 unspecified atom stereocenters. The second-order valence-electron chi connectivity index (χ2n) is 6.93. The van der Waals surface area contributed by atoms with Crippen molar-refractivity contribution in [1.29, 1.82) is 0 Å². The number of carbonyl (C=O) groups excluding carboxylic acids is 1. The van der Waals surface area contributed by atoms with Gasteiger partial charge in [0.1, 0.15) is 17.3 Å². The third-order valence-electron chi connectivity index (χ3n) is 4.79. The average Bonchev–Trinajstić information content (AvgIpc) is 3.33.